The molecule has 0 spiro atoms. The number of unbranched alkanes of at least 4 members (excludes halogenated alkanes) is 3. The van der Waals surface area contributed by atoms with E-state index >= 15 is 0 Å². The summed E-state index contributed by atoms with van der Waals surface area (Å²) in [6.45, 7) is 7.46. The zero-order chi connectivity index (χ0) is 29.1. The maximum absolute atomic E-state index is 5.91. The van der Waals surface area contributed by atoms with E-state index in [9.17, 15) is 0 Å². The fourth-order valence-corrected chi connectivity index (χ4v) is 5.92. The average Bonchev–Trinajstić information content (AvgIpc) is 3.30. The Hall–Kier alpha value is -4.12. The van der Waals surface area contributed by atoms with E-state index in [1.807, 2.05) is 25.1 Å². The van der Waals surface area contributed by atoms with Crippen LogP contribution < -0.4 is 18.9 Å². The van der Waals surface area contributed by atoms with E-state index in [1.54, 1.807) is 28.4 Å². The first kappa shape index (κ1) is 28.4. The number of rotatable bonds is 11. The van der Waals surface area contributed by atoms with Gasteiger partial charge in [0.2, 0.25) is 0 Å². The fraction of sp³-hybridized carbons (Fsp3) is 0.333. The van der Waals surface area contributed by atoms with Crippen molar-refractivity contribution in [2.45, 2.75) is 53.0 Å². The highest BCUT2D eigenvalue weighted by atomic mass is 16.5. The molecule has 0 amide bonds. The molecule has 4 aromatic carbocycles. The molecule has 0 aliphatic rings. The number of aryl methyl sites for hydroxylation is 3. The highest BCUT2D eigenvalue weighted by Gasteiger charge is 2.20. The Morgan fingerprint density at radius 1 is 0.561 bits per heavy atom. The second kappa shape index (κ2) is 12.2. The lowest BCUT2D eigenvalue weighted by molar-refractivity contribution is 0.394. The number of aromatic nitrogens is 1. The molecule has 0 saturated heterocycles. The maximum atomic E-state index is 5.91. The van der Waals surface area contributed by atoms with Crippen LogP contribution in [-0.4, -0.2) is 33.0 Å². The molecule has 5 rings (SSSR count). The van der Waals surface area contributed by atoms with Crippen LogP contribution in [-0.2, 0) is 6.54 Å². The largest absolute Gasteiger partial charge is 0.496 e. The van der Waals surface area contributed by atoms with Crippen molar-refractivity contribution in [1.29, 1.82) is 0 Å². The van der Waals surface area contributed by atoms with Crippen LogP contribution in [0.3, 0.4) is 0 Å². The molecule has 0 fully saturated rings. The lowest BCUT2D eigenvalue weighted by Crippen LogP contribution is -1.98. The minimum Gasteiger partial charge on any atom is -0.496 e. The molecule has 0 atom stereocenters. The number of nitrogens with zero attached hydrogens (tertiary/aromatic N) is 1. The van der Waals surface area contributed by atoms with Crippen molar-refractivity contribution >= 4 is 21.8 Å². The maximum Gasteiger partial charge on any atom is 0.130 e. The second-order valence-corrected chi connectivity index (χ2v) is 10.7. The van der Waals surface area contributed by atoms with Gasteiger partial charge in [-0.25, -0.2) is 0 Å². The van der Waals surface area contributed by atoms with E-state index in [-0.39, 0.29) is 0 Å². The molecule has 0 saturated carbocycles. The topological polar surface area (TPSA) is 41.9 Å². The summed E-state index contributed by atoms with van der Waals surface area (Å²) < 4.78 is 25.7. The number of ether oxygens (including phenoxy) is 4. The number of fused-ring (bicyclic) bond motifs is 3. The Labute approximate surface area is 243 Å². The minimum absolute atomic E-state index is 0.704. The van der Waals surface area contributed by atoms with Crippen LogP contribution in [0.4, 0.5) is 0 Å². The van der Waals surface area contributed by atoms with Gasteiger partial charge in [-0.2, -0.15) is 0 Å². The molecular weight excluding hydrogens is 510 g/mol. The Kier molecular flexibility index (Phi) is 8.44. The van der Waals surface area contributed by atoms with Gasteiger partial charge in [0.05, 0.1) is 28.4 Å². The predicted octanol–water partition coefficient (Wildman–Crippen LogP) is 9.36. The van der Waals surface area contributed by atoms with E-state index in [0.29, 0.717) is 5.75 Å². The van der Waals surface area contributed by atoms with Crippen molar-refractivity contribution in [2.24, 2.45) is 0 Å². The quantitative estimate of drug-likeness (QED) is 0.153. The molecule has 0 aliphatic carbocycles. The summed E-state index contributed by atoms with van der Waals surface area (Å²) in [7, 11) is 6.76. The van der Waals surface area contributed by atoms with Crippen molar-refractivity contribution in [2.75, 3.05) is 28.4 Å². The number of benzene rings is 4. The Balaban J connectivity index is 1.71. The molecule has 0 unspecified atom stereocenters. The predicted molar refractivity (Wildman–Crippen MR) is 170 cm³/mol. The smallest absolute Gasteiger partial charge is 0.130 e. The Bertz CT molecular complexity index is 1700. The second-order valence-electron chi connectivity index (χ2n) is 10.7. The molecule has 0 N–H and O–H groups in total. The minimum atomic E-state index is 0.704. The van der Waals surface area contributed by atoms with Gasteiger partial charge in [0.15, 0.2) is 0 Å². The van der Waals surface area contributed by atoms with Gasteiger partial charge >= 0.3 is 0 Å². The van der Waals surface area contributed by atoms with E-state index < -0.39 is 0 Å². The summed E-state index contributed by atoms with van der Waals surface area (Å²) in [5.74, 6) is 3.01. The van der Waals surface area contributed by atoms with E-state index in [0.717, 1.165) is 51.6 Å². The van der Waals surface area contributed by atoms with Crippen LogP contribution in [0, 0.1) is 13.8 Å². The van der Waals surface area contributed by atoms with Gasteiger partial charge in [-0.3, -0.25) is 0 Å². The zero-order valence-corrected chi connectivity index (χ0v) is 25.4. The van der Waals surface area contributed by atoms with Crippen LogP contribution in [0.1, 0.15) is 43.7 Å². The standard InChI is InChI=1S/C36H41NO4/c1-8-9-10-11-16-37-31-14-12-23(2)17-27(31)28-19-25(13-15-32(28)37)26-20-29(36(41-7)22-35(26)40-6)30-21-33(38-4)24(3)18-34(30)39-5/h12-15,17-22H,8-11,16H2,1-7H3. The van der Waals surface area contributed by atoms with Crippen LogP contribution in [0.2, 0.25) is 0 Å². The first-order chi connectivity index (χ1) is 19.9. The number of hydrogen-bond acceptors (Lipinski definition) is 4. The highest BCUT2D eigenvalue weighted by molar-refractivity contribution is 6.09. The van der Waals surface area contributed by atoms with Crippen molar-refractivity contribution < 1.29 is 18.9 Å². The van der Waals surface area contributed by atoms with Gasteiger partial charge < -0.3 is 23.5 Å². The monoisotopic (exact) mass is 551 g/mol. The number of methoxy groups -OCH3 is 4. The molecule has 214 valence electrons. The molecule has 1 heterocycles. The molecule has 41 heavy (non-hydrogen) atoms. The van der Waals surface area contributed by atoms with E-state index in [1.165, 1.54) is 53.1 Å². The molecule has 5 heteroatoms. The summed E-state index contributed by atoms with van der Waals surface area (Å²) in [5, 5.41) is 2.54. The zero-order valence-electron chi connectivity index (χ0n) is 25.4. The van der Waals surface area contributed by atoms with E-state index in [2.05, 4.69) is 60.9 Å². The SMILES string of the molecule is CCCCCCn1c2ccc(C)cc2c2cc(-c3cc(-c4cc(OC)c(C)cc4OC)c(OC)cc3OC)ccc21. The van der Waals surface area contributed by atoms with Crippen LogP contribution in [0.25, 0.3) is 44.1 Å². The summed E-state index contributed by atoms with van der Waals surface area (Å²) in [6.07, 6.45) is 4.95. The van der Waals surface area contributed by atoms with E-state index in [4.69, 9.17) is 18.9 Å². The number of hydrogen-bond donors (Lipinski definition) is 0. The van der Waals surface area contributed by atoms with Crippen molar-refractivity contribution in [3.05, 3.63) is 71.8 Å². The lowest BCUT2D eigenvalue weighted by Gasteiger charge is -2.18. The van der Waals surface area contributed by atoms with Crippen molar-refractivity contribution in [1.82, 2.24) is 4.57 Å². The molecule has 0 bridgehead atoms. The van der Waals surface area contributed by atoms with Crippen LogP contribution in [0.5, 0.6) is 23.0 Å². The highest BCUT2D eigenvalue weighted by Crippen LogP contribution is 2.46. The van der Waals surface area contributed by atoms with Gasteiger partial charge in [-0.05, 0) is 73.9 Å². The third-order valence-electron chi connectivity index (χ3n) is 8.10. The first-order valence-electron chi connectivity index (χ1n) is 14.5. The summed E-state index contributed by atoms with van der Waals surface area (Å²) >= 11 is 0. The summed E-state index contributed by atoms with van der Waals surface area (Å²) in [6, 6.07) is 21.7. The molecular formula is C36H41NO4. The Morgan fingerprint density at radius 2 is 1.17 bits per heavy atom. The third kappa shape index (κ3) is 5.33. The molecule has 5 aromatic rings. The molecule has 0 aliphatic heterocycles. The average molecular weight is 552 g/mol. The Morgan fingerprint density at radius 3 is 1.85 bits per heavy atom. The van der Waals surface area contributed by atoms with Crippen LogP contribution >= 0.6 is 0 Å². The van der Waals surface area contributed by atoms with Gasteiger partial charge in [0.1, 0.15) is 23.0 Å². The van der Waals surface area contributed by atoms with Gasteiger partial charge in [-0.1, -0.05) is 43.9 Å². The fourth-order valence-electron chi connectivity index (χ4n) is 5.92. The van der Waals surface area contributed by atoms with Gasteiger partial charge in [0.25, 0.3) is 0 Å². The van der Waals surface area contributed by atoms with Crippen molar-refractivity contribution in [3.63, 3.8) is 0 Å². The summed E-state index contributed by atoms with van der Waals surface area (Å²) in [5.41, 5.74) is 8.71. The molecule has 5 nitrogen and oxygen atoms in total. The van der Waals surface area contributed by atoms with Gasteiger partial charge in [0, 0.05) is 51.1 Å². The summed E-state index contributed by atoms with van der Waals surface area (Å²) in [4.78, 5) is 0. The van der Waals surface area contributed by atoms with Gasteiger partial charge in [-0.15, -0.1) is 0 Å². The first-order valence-corrected chi connectivity index (χ1v) is 14.5. The lowest BCUT2D eigenvalue weighted by atomic mass is 9.94. The normalized spacial score (nSPS) is 11.3. The van der Waals surface area contributed by atoms with Crippen LogP contribution in [0.15, 0.2) is 60.7 Å². The molecule has 1 aromatic heterocycles. The molecule has 0 radical (unpaired) electrons. The van der Waals surface area contributed by atoms with Crippen molar-refractivity contribution in [3.8, 4) is 45.3 Å². The third-order valence-corrected chi connectivity index (χ3v) is 8.10.